The number of pyridine rings is 1. The Morgan fingerprint density at radius 2 is 1.40 bits per heavy atom. The van der Waals surface area contributed by atoms with Crippen LogP contribution in [-0.4, -0.2) is 91.1 Å². The van der Waals surface area contributed by atoms with Crippen molar-refractivity contribution < 1.29 is 43.1 Å². The van der Waals surface area contributed by atoms with E-state index in [0.29, 0.717) is 5.69 Å². The highest BCUT2D eigenvalue weighted by atomic mass is 16.5. The van der Waals surface area contributed by atoms with E-state index in [2.05, 4.69) is 31.6 Å². The maximum Gasteiger partial charge on any atom is 0.258 e. The molecule has 0 spiro atoms. The van der Waals surface area contributed by atoms with Crippen molar-refractivity contribution in [1.29, 1.82) is 0 Å². The Kier molecular flexibility index (Phi) is 14.1. The van der Waals surface area contributed by atoms with Crippen LogP contribution in [0, 0.1) is 5.92 Å². The Hall–Kier alpha value is -5.77. The lowest BCUT2D eigenvalue weighted by molar-refractivity contribution is -0.131. The molecule has 48 heavy (non-hydrogen) atoms. The first-order chi connectivity index (χ1) is 22.9. The van der Waals surface area contributed by atoms with Gasteiger partial charge in [0, 0.05) is 30.2 Å². The number of Topliss-reactive ketones (excluding diaryl/α,β-unsaturated/α-hetero) is 1. The summed E-state index contributed by atoms with van der Waals surface area (Å²) < 4.78 is 5.11. The van der Waals surface area contributed by atoms with Crippen molar-refractivity contribution in [2.45, 2.75) is 32.7 Å². The lowest BCUT2D eigenvalue weighted by Crippen LogP contribution is -2.52. The number of nitrogens with one attached hydrogen (secondary N) is 5. The fourth-order valence-electron chi connectivity index (χ4n) is 4.06. The molecule has 0 fully saturated rings. The van der Waals surface area contributed by atoms with Gasteiger partial charge in [0.05, 0.1) is 37.9 Å². The highest BCUT2D eigenvalue weighted by Gasteiger charge is 2.25. The third kappa shape index (κ3) is 12.2. The molecule has 16 nitrogen and oxygen atoms in total. The number of ether oxygens (including phenoxy) is 1. The molecular weight excluding hydrogens is 626 g/mol. The molecule has 1 atom stereocenters. The summed E-state index contributed by atoms with van der Waals surface area (Å²) >= 11 is 0. The molecule has 254 valence electrons. The second-order valence-corrected chi connectivity index (χ2v) is 10.8. The van der Waals surface area contributed by atoms with Gasteiger partial charge in [0.15, 0.2) is 5.78 Å². The molecule has 2 heterocycles. The number of nitrogens with zero attached hydrogens (tertiary/aromatic N) is 2. The normalized spacial score (nSPS) is 12.8. The number of rotatable bonds is 18. The first-order valence-corrected chi connectivity index (χ1v) is 15.0. The van der Waals surface area contributed by atoms with Gasteiger partial charge in [-0.05, 0) is 17.7 Å². The summed E-state index contributed by atoms with van der Waals surface area (Å²) in [5.41, 5.74) is 1.31. The molecule has 5 N–H and O–H groups in total. The fourth-order valence-corrected chi connectivity index (χ4v) is 4.06. The number of anilines is 1. The van der Waals surface area contributed by atoms with E-state index in [1.807, 2.05) is 0 Å². The SMILES string of the molecule is CC(C)C(=O)COCNC(=O)CNC(=O)[C@H](Cc1ccccc1)NC(=O)CNC(=O)CNC(=O)Cc1ccc(N2C(=O)C=CC2=O)cn1. The van der Waals surface area contributed by atoms with Gasteiger partial charge in [-0.15, -0.1) is 0 Å². The summed E-state index contributed by atoms with van der Waals surface area (Å²) in [6.07, 6.45) is 3.48. The Bertz CT molecular complexity index is 1520. The van der Waals surface area contributed by atoms with Crippen molar-refractivity contribution in [1.82, 2.24) is 31.6 Å². The van der Waals surface area contributed by atoms with E-state index in [9.17, 15) is 38.4 Å². The lowest BCUT2D eigenvalue weighted by atomic mass is 10.1. The van der Waals surface area contributed by atoms with Crippen molar-refractivity contribution in [3.8, 4) is 0 Å². The van der Waals surface area contributed by atoms with Crippen LogP contribution in [-0.2, 0) is 55.9 Å². The Morgan fingerprint density at radius 1 is 0.771 bits per heavy atom. The summed E-state index contributed by atoms with van der Waals surface area (Å²) in [5, 5.41) is 12.2. The fraction of sp³-hybridized carbons (Fsp3) is 0.344. The van der Waals surface area contributed by atoms with E-state index in [1.165, 1.54) is 18.3 Å². The molecule has 16 heteroatoms. The number of benzene rings is 1. The average Bonchev–Trinajstić information content (AvgIpc) is 3.41. The van der Waals surface area contributed by atoms with Crippen molar-refractivity contribution >= 4 is 52.8 Å². The Labute approximate surface area is 276 Å². The molecule has 0 aliphatic carbocycles. The van der Waals surface area contributed by atoms with Crippen molar-refractivity contribution in [3.63, 3.8) is 0 Å². The number of carbonyl (C=O) groups excluding carboxylic acids is 8. The van der Waals surface area contributed by atoms with Gasteiger partial charge in [0.25, 0.3) is 11.8 Å². The van der Waals surface area contributed by atoms with E-state index < -0.39 is 67.0 Å². The molecule has 0 unspecified atom stereocenters. The molecule has 0 bridgehead atoms. The van der Waals surface area contributed by atoms with Crippen LogP contribution in [0.25, 0.3) is 0 Å². The van der Waals surface area contributed by atoms with Gasteiger partial charge in [-0.2, -0.15) is 0 Å². The number of ketones is 1. The molecular formula is C32H37N7O9. The van der Waals surface area contributed by atoms with Crippen LogP contribution in [0.1, 0.15) is 25.1 Å². The van der Waals surface area contributed by atoms with Crippen LogP contribution < -0.4 is 31.5 Å². The van der Waals surface area contributed by atoms with Crippen LogP contribution in [0.4, 0.5) is 5.69 Å². The molecule has 1 aromatic heterocycles. The van der Waals surface area contributed by atoms with Gasteiger partial charge in [-0.3, -0.25) is 43.3 Å². The highest BCUT2D eigenvalue weighted by molar-refractivity contribution is 6.28. The zero-order valence-corrected chi connectivity index (χ0v) is 26.4. The van der Waals surface area contributed by atoms with Crippen LogP contribution in [0.2, 0.25) is 0 Å². The minimum atomic E-state index is -1.08. The quantitative estimate of drug-likeness (QED) is 0.0701. The zero-order chi connectivity index (χ0) is 35.1. The predicted octanol–water partition coefficient (Wildman–Crippen LogP) is -1.55. The second-order valence-electron chi connectivity index (χ2n) is 10.8. The monoisotopic (exact) mass is 663 g/mol. The summed E-state index contributed by atoms with van der Waals surface area (Å²) in [7, 11) is 0. The molecule has 0 radical (unpaired) electrons. The molecule has 0 saturated carbocycles. The molecule has 2 aromatic rings. The van der Waals surface area contributed by atoms with Crippen molar-refractivity contribution in [3.05, 3.63) is 72.1 Å². The number of carbonyl (C=O) groups is 8. The first kappa shape index (κ1) is 36.7. The van der Waals surface area contributed by atoms with Gasteiger partial charge in [0.2, 0.25) is 29.5 Å². The zero-order valence-electron chi connectivity index (χ0n) is 26.4. The summed E-state index contributed by atoms with van der Waals surface area (Å²) in [6, 6.07) is 10.7. The van der Waals surface area contributed by atoms with Crippen LogP contribution in [0.5, 0.6) is 0 Å². The highest BCUT2D eigenvalue weighted by Crippen LogP contribution is 2.18. The van der Waals surface area contributed by atoms with Gasteiger partial charge in [0.1, 0.15) is 19.4 Å². The lowest BCUT2D eigenvalue weighted by Gasteiger charge is -2.19. The molecule has 7 amide bonds. The largest absolute Gasteiger partial charge is 0.353 e. The van der Waals surface area contributed by atoms with Crippen molar-refractivity contribution in [2.24, 2.45) is 5.92 Å². The van der Waals surface area contributed by atoms with E-state index in [1.54, 1.807) is 44.2 Å². The van der Waals surface area contributed by atoms with Crippen LogP contribution in [0.15, 0.2) is 60.8 Å². The molecule has 1 aliphatic rings. The summed E-state index contributed by atoms with van der Waals surface area (Å²) in [5.74, 6) is -4.42. The third-order valence-electron chi connectivity index (χ3n) is 6.73. The smallest absolute Gasteiger partial charge is 0.258 e. The Balaban J connectivity index is 1.41. The van der Waals surface area contributed by atoms with E-state index in [0.717, 1.165) is 22.6 Å². The standard InChI is InChI=1S/C32H37N7O9/c1-20(2)25(40)18-48-19-37-28(43)16-36-32(47)24(12-21-6-4-3-5-7-21)38-29(44)17-35-27(42)15-34-26(41)13-22-8-9-23(14-33-22)39-30(45)10-11-31(39)46/h3-11,14,20,24H,12-13,15-19H2,1-2H3,(H,34,41)(H,35,42)(H,36,47)(H,37,43)(H,38,44)/t24-/m0/s1. The number of imide groups is 1. The maximum atomic E-state index is 12.9. The predicted molar refractivity (Wildman–Crippen MR) is 169 cm³/mol. The minimum Gasteiger partial charge on any atom is -0.353 e. The number of hydrogen-bond donors (Lipinski definition) is 5. The summed E-state index contributed by atoms with van der Waals surface area (Å²) in [6.45, 7) is 1.74. The average molecular weight is 664 g/mol. The van der Waals surface area contributed by atoms with E-state index in [4.69, 9.17) is 4.74 Å². The third-order valence-corrected chi connectivity index (χ3v) is 6.73. The topological polar surface area (TPSA) is 222 Å². The maximum absolute atomic E-state index is 12.9. The number of hydrogen-bond acceptors (Lipinski definition) is 10. The van der Waals surface area contributed by atoms with Crippen LogP contribution >= 0.6 is 0 Å². The van der Waals surface area contributed by atoms with Gasteiger partial charge < -0.3 is 31.3 Å². The molecule has 0 saturated heterocycles. The van der Waals surface area contributed by atoms with Gasteiger partial charge >= 0.3 is 0 Å². The van der Waals surface area contributed by atoms with Crippen molar-refractivity contribution in [2.75, 3.05) is 37.9 Å². The molecule has 1 aliphatic heterocycles. The second kappa shape index (κ2) is 18.4. The van der Waals surface area contributed by atoms with Crippen LogP contribution in [0.3, 0.4) is 0 Å². The molecule has 3 rings (SSSR count). The Morgan fingerprint density at radius 3 is 2.04 bits per heavy atom. The molecule has 1 aromatic carbocycles. The van der Waals surface area contributed by atoms with E-state index in [-0.39, 0.29) is 43.6 Å². The minimum absolute atomic E-state index is 0.0982. The number of aromatic nitrogens is 1. The van der Waals surface area contributed by atoms with Gasteiger partial charge in [-0.1, -0.05) is 44.2 Å². The summed E-state index contributed by atoms with van der Waals surface area (Å²) in [4.78, 5) is 102. The number of amides is 7. The van der Waals surface area contributed by atoms with E-state index >= 15 is 0 Å². The first-order valence-electron chi connectivity index (χ1n) is 15.0. The van der Waals surface area contributed by atoms with Gasteiger partial charge in [-0.25, -0.2) is 4.90 Å².